The number of nitrogens with zero attached hydrogens (tertiary/aromatic N) is 8. The minimum absolute atomic E-state index is 0.673. The number of aromatic nitrogens is 8. The summed E-state index contributed by atoms with van der Waals surface area (Å²) in [4.78, 5) is 17.9. The molecule has 0 unspecified atom stereocenters. The van der Waals surface area contributed by atoms with Gasteiger partial charge in [0, 0.05) is 34.9 Å². The second-order valence-electron chi connectivity index (χ2n) is 9.30. The van der Waals surface area contributed by atoms with Crippen molar-refractivity contribution in [1.29, 1.82) is 0 Å². The lowest BCUT2D eigenvalue weighted by molar-refractivity contribution is 1.02. The largest absolute Gasteiger partial charge is 0.253 e. The van der Waals surface area contributed by atoms with E-state index in [0.29, 0.717) is 34.2 Å². The lowest BCUT2D eigenvalue weighted by Gasteiger charge is -2.03. The van der Waals surface area contributed by atoms with Crippen LogP contribution >= 0.6 is 0 Å². The second kappa shape index (κ2) is 12.0. The van der Waals surface area contributed by atoms with Crippen molar-refractivity contribution in [3.05, 3.63) is 120 Å². The van der Waals surface area contributed by atoms with E-state index in [-0.39, 0.29) is 0 Å². The molecule has 0 spiro atoms. The van der Waals surface area contributed by atoms with E-state index in [1.54, 1.807) is 12.4 Å². The molecule has 42 heavy (non-hydrogen) atoms. The van der Waals surface area contributed by atoms with Crippen molar-refractivity contribution in [2.45, 2.75) is 13.8 Å². The lowest BCUT2D eigenvalue weighted by atomic mass is 10.2. The highest BCUT2D eigenvalue weighted by molar-refractivity contribution is 5.61. The summed E-state index contributed by atoms with van der Waals surface area (Å²) in [5.41, 5.74) is 9.13. The summed E-state index contributed by atoms with van der Waals surface area (Å²) in [6, 6.07) is 26.7. The molecule has 6 rings (SSSR count). The van der Waals surface area contributed by atoms with Gasteiger partial charge in [-0.05, 0) is 98.5 Å². The van der Waals surface area contributed by atoms with E-state index in [9.17, 15) is 0 Å². The molecule has 6 heterocycles. The molecule has 0 aliphatic rings. The Hall–Kier alpha value is -6.12. The molecule has 0 radical (unpaired) electrons. The van der Waals surface area contributed by atoms with Crippen LogP contribution in [-0.4, -0.2) is 40.3 Å². The molecule has 8 nitrogen and oxygen atoms in total. The standard InChI is InChI=1S/C34H22N8/c1-23-7-5-11-29(37-23)33-19-17-31(39-41-33)27-15-13-25(21-35-27)9-3-4-10-26-14-16-28(36-22-26)32-18-20-34(42-40-32)30-12-6-8-24(2)38-30/h5-8,11-22H,1-2H3. The molecule has 0 bridgehead atoms. The highest BCUT2D eigenvalue weighted by Gasteiger charge is 2.07. The van der Waals surface area contributed by atoms with E-state index in [4.69, 9.17) is 0 Å². The van der Waals surface area contributed by atoms with Crippen LogP contribution in [0.2, 0.25) is 0 Å². The monoisotopic (exact) mass is 542 g/mol. The maximum Gasteiger partial charge on any atom is 0.111 e. The van der Waals surface area contributed by atoms with Gasteiger partial charge in [0.05, 0.1) is 22.8 Å². The highest BCUT2D eigenvalue weighted by atomic mass is 15.1. The van der Waals surface area contributed by atoms with Gasteiger partial charge in [-0.1, -0.05) is 24.0 Å². The fourth-order valence-electron chi connectivity index (χ4n) is 4.03. The van der Waals surface area contributed by atoms with Crippen LogP contribution in [0, 0.1) is 37.5 Å². The topological polar surface area (TPSA) is 103 Å². The molecule has 198 valence electrons. The van der Waals surface area contributed by atoms with E-state index in [0.717, 1.165) is 33.9 Å². The zero-order chi connectivity index (χ0) is 28.7. The molecule has 0 atom stereocenters. The van der Waals surface area contributed by atoms with Gasteiger partial charge in [-0.25, -0.2) is 0 Å². The predicted molar refractivity (Wildman–Crippen MR) is 160 cm³/mol. The third-order valence-electron chi connectivity index (χ3n) is 6.16. The van der Waals surface area contributed by atoms with Gasteiger partial charge in [0.15, 0.2) is 0 Å². The van der Waals surface area contributed by atoms with Crippen LogP contribution in [0.25, 0.3) is 45.6 Å². The Balaban J connectivity index is 1.08. The zero-order valence-electron chi connectivity index (χ0n) is 22.8. The number of hydrogen-bond acceptors (Lipinski definition) is 8. The van der Waals surface area contributed by atoms with Crippen molar-refractivity contribution >= 4 is 0 Å². The van der Waals surface area contributed by atoms with E-state index < -0.39 is 0 Å². The van der Waals surface area contributed by atoms with Crippen molar-refractivity contribution < 1.29 is 0 Å². The van der Waals surface area contributed by atoms with Crippen LogP contribution in [0.15, 0.2) is 97.3 Å². The quantitative estimate of drug-likeness (QED) is 0.268. The lowest BCUT2D eigenvalue weighted by Crippen LogP contribution is -1.94. The Morgan fingerprint density at radius 3 is 1.12 bits per heavy atom. The molecule has 0 saturated carbocycles. The summed E-state index contributed by atoms with van der Waals surface area (Å²) in [5.74, 6) is 11.8. The number of hydrogen-bond donors (Lipinski definition) is 0. The van der Waals surface area contributed by atoms with Gasteiger partial charge >= 0.3 is 0 Å². The average Bonchev–Trinajstić information content (AvgIpc) is 3.04. The zero-order valence-corrected chi connectivity index (χ0v) is 22.8. The minimum Gasteiger partial charge on any atom is -0.253 e. The third-order valence-corrected chi connectivity index (χ3v) is 6.16. The molecule has 0 fully saturated rings. The Bertz CT molecular complexity index is 1830. The molecule has 0 N–H and O–H groups in total. The summed E-state index contributed by atoms with van der Waals surface area (Å²) in [5, 5.41) is 17.2. The number of pyridine rings is 4. The summed E-state index contributed by atoms with van der Waals surface area (Å²) < 4.78 is 0. The average molecular weight is 543 g/mol. The molecule has 0 aliphatic heterocycles. The summed E-state index contributed by atoms with van der Waals surface area (Å²) in [7, 11) is 0. The van der Waals surface area contributed by atoms with Crippen LogP contribution in [0.5, 0.6) is 0 Å². The van der Waals surface area contributed by atoms with Gasteiger partial charge in [-0.15, -0.1) is 20.4 Å². The first-order valence-electron chi connectivity index (χ1n) is 13.1. The highest BCUT2D eigenvalue weighted by Crippen LogP contribution is 2.19. The van der Waals surface area contributed by atoms with Crippen LogP contribution in [-0.2, 0) is 0 Å². The van der Waals surface area contributed by atoms with Crippen molar-refractivity contribution in [2.75, 3.05) is 0 Å². The van der Waals surface area contributed by atoms with Crippen molar-refractivity contribution in [1.82, 2.24) is 40.3 Å². The molecule has 8 heteroatoms. The van der Waals surface area contributed by atoms with Gasteiger partial charge in [0.25, 0.3) is 0 Å². The Morgan fingerprint density at radius 1 is 0.405 bits per heavy atom. The van der Waals surface area contributed by atoms with Crippen molar-refractivity contribution in [3.63, 3.8) is 0 Å². The SMILES string of the molecule is Cc1cccc(-c2ccc(-c3ccc(C#CC#Cc4ccc(-c5ccc(-c6cccc(C)n6)nn5)nc4)cn3)nn2)n1. The second-order valence-corrected chi connectivity index (χ2v) is 9.30. The molecule has 0 aliphatic carbocycles. The van der Waals surface area contributed by atoms with E-state index in [1.165, 1.54) is 0 Å². The van der Waals surface area contributed by atoms with Crippen molar-refractivity contribution in [2.24, 2.45) is 0 Å². The van der Waals surface area contributed by atoms with Gasteiger partial charge < -0.3 is 0 Å². The summed E-state index contributed by atoms with van der Waals surface area (Å²) >= 11 is 0. The maximum atomic E-state index is 4.49. The number of aryl methyl sites for hydroxylation is 2. The normalized spacial score (nSPS) is 10.2. The summed E-state index contributed by atoms with van der Waals surface area (Å²) in [6.45, 7) is 3.89. The van der Waals surface area contributed by atoms with Gasteiger partial charge in [0.1, 0.15) is 22.8 Å². The molecule has 6 aromatic heterocycles. The molecule has 0 aromatic carbocycles. The molecular formula is C34H22N8. The third kappa shape index (κ3) is 6.20. The first-order chi connectivity index (χ1) is 20.6. The molecule has 0 amide bonds. The number of rotatable bonds is 4. The molecule has 6 aromatic rings. The Kier molecular flexibility index (Phi) is 7.43. The molecular weight excluding hydrogens is 520 g/mol. The van der Waals surface area contributed by atoms with Crippen molar-refractivity contribution in [3.8, 4) is 69.2 Å². The van der Waals surface area contributed by atoms with Crippen LogP contribution in [0.4, 0.5) is 0 Å². The van der Waals surface area contributed by atoms with E-state index in [2.05, 4.69) is 64.0 Å². The maximum absolute atomic E-state index is 4.49. The molecule has 0 saturated heterocycles. The smallest absolute Gasteiger partial charge is 0.111 e. The van der Waals surface area contributed by atoms with Crippen LogP contribution < -0.4 is 0 Å². The van der Waals surface area contributed by atoms with Crippen LogP contribution in [0.1, 0.15) is 22.5 Å². The van der Waals surface area contributed by atoms with E-state index >= 15 is 0 Å². The Morgan fingerprint density at radius 2 is 0.786 bits per heavy atom. The predicted octanol–water partition coefficient (Wildman–Crippen LogP) is 5.53. The first-order valence-corrected chi connectivity index (χ1v) is 13.1. The summed E-state index contributed by atoms with van der Waals surface area (Å²) in [6.07, 6.45) is 3.39. The fourth-order valence-corrected chi connectivity index (χ4v) is 4.03. The van der Waals surface area contributed by atoms with Gasteiger partial charge in [-0.2, -0.15) is 0 Å². The first kappa shape index (κ1) is 26.1. The van der Waals surface area contributed by atoms with E-state index in [1.807, 2.05) is 98.8 Å². The van der Waals surface area contributed by atoms with Gasteiger partial charge in [-0.3, -0.25) is 19.9 Å². The van der Waals surface area contributed by atoms with Gasteiger partial charge in [0.2, 0.25) is 0 Å². The van der Waals surface area contributed by atoms with Crippen LogP contribution in [0.3, 0.4) is 0 Å². The Labute approximate surface area is 243 Å². The fraction of sp³-hybridized carbons (Fsp3) is 0.0588. The minimum atomic E-state index is 0.673.